The summed E-state index contributed by atoms with van der Waals surface area (Å²) in [5.74, 6) is 0.869. The number of hydrogen-bond acceptors (Lipinski definition) is 3. The van der Waals surface area contributed by atoms with E-state index in [1.54, 1.807) is 0 Å². The number of nitrogens with zero attached hydrogens (tertiary/aromatic N) is 1. The van der Waals surface area contributed by atoms with E-state index in [-0.39, 0.29) is 5.54 Å². The van der Waals surface area contributed by atoms with Gasteiger partial charge in [-0.15, -0.1) is 0 Å². The highest BCUT2D eigenvalue weighted by molar-refractivity contribution is 4.92. The van der Waals surface area contributed by atoms with Crippen LogP contribution in [0.3, 0.4) is 0 Å². The van der Waals surface area contributed by atoms with Gasteiger partial charge in [-0.2, -0.15) is 0 Å². The maximum Gasteiger partial charge on any atom is 0.0622 e. The predicted octanol–water partition coefficient (Wildman–Crippen LogP) is 3.29. The van der Waals surface area contributed by atoms with Crippen LogP contribution in [0.1, 0.15) is 59.8 Å². The topological polar surface area (TPSA) is 24.5 Å². The summed E-state index contributed by atoms with van der Waals surface area (Å²) in [6.45, 7) is 13.5. The molecule has 0 spiro atoms. The summed E-state index contributed by atoms with van der Waals surface area (Å²) in [7, 11) is 2.30. The third-order valence-corrected chi connectivity index (χ3v) is 5.29. The first-order valence-electron chi connectivity index (χ1n) is 8.83. The molecule has 3 atom stereocenters. The van der Waals surface area contributed by atoms with Crippen molar-refractivity contribution in [3.63, 3.8) is 0 Å². The predicted molar refractivity (Wildman–Crippen MR) is 89.7 cm³/mol. The van der Waals surface area contributed by atoms with E-state index in [1.165, 1.54) is 38.6 Å². The molecule has 21 heavy (non-hydrogen) atoms. The number of rotatable bonds is 5. The SMILES string of the molecule is CC1CCCC(CNC(C)(C)C)(CN(C)C2CCOC2)C1. The molecule has 2 rings (SSSR count). The van der Waals surface area contributed by atoms with Crippen molar-refractivity contribution in [1.29, 1.82) is 0 Å². The third-order valence-electron chi connectivity index (χ3n) is 5.29. The lowest BCUT2D eigenvalue weighted by atomic mass is 9.69. The van der Waals surface area contributed by atoms with Gasteiger partial charge in [-0.25, -0.2) is 0 Å². The Bertz CT molecular complexity index is 320. The molecule has 1 heterocycles. The second-order valence-corrected chi connectivity index (χ2v) is 8.74. The van der Waals surface area contributed by atoms with Gasteiger partial charge >= 0.3 is 0 Å². The average Bonchev–Trinajstić information content (AvgIpc) is 2.89. The maximum atomic E-state index is 5.58. The number of ether oxygens (including phenoxy) is 1. The molecule has 1 aliphatic heterocycles. The van der Waals surface area contributed by atoms with Gasteiger partial charge in [-0.05, 0) is 58.4 Å². The highest BCUT2D eigenvalue weighted by Gasteiger charge is 2.38. The van der Waals surface area contributed by atoms with E-state index >= 15 is 0 Å². The standard InChI is InChI=1S/C18H36N2O/c1-15-7-6-9-18(11-15,13-19-17(2,3)4)14-20(5)16-8-10-21-12-16/h15-16,19H,6-14H2,1-5H3. The smallest absolute Gasteiger partial charge is 0.0622 e. The fourth-order valence-corrected chi connectivity index (χ4v) is 4.11. The minimum absolute atomic E-state index is 0.211. The minimum atomic E-state index is 0.211. The molecule has 0 aromatic rings. The second kappa shape index (κ2) is 6.97. The molecule has 3 heteroatoms. The van der Waals surface area contributed by atoms with Crippen molar-refractivity contribution in [2.75, 3.05) is 33.4 Å². The normalized spacial score (nSPS) is 34.6. The molecule has 0 radical (unpaired) electrons. The molecule has 1 saturated carbocycles. The van der Waals surface area contributed by atoms with Gasteiger partial charge in [0.15, 0.2) is 0 Å². The van der Waals surface area contributed by atoms with Crippen molar-refractivity contribution in [3.05, 3.63) is 0 Å². The Morgan fingerprint density at radius 2 is 2.05 bits per heavy atom. The van der Waals surface area contributed by atoms with Gasteiger partial charge in [-0.3, -0.25) is 0 Å². The molecule has 0 amide bonds. The van der Waals surface area contributed by atoms with Gasteiger partial charge < -0.3 is 15.0 Å². The number of likely N-dealkylation sites (N-methyl/N-ethyl adjacent to an activating group) is 1. The van der Waals surface area contributed by atoms with Gasteiger partial charge in [0.1, 0.15) is 0 Å². The summed E-state index contributed by atoms with van der Waals surface area (Å²) in [4.78, 5) is 2.58. The lowest BCUT2D eigenvalue weighted by molar-refractivity contribution is 0.0621. The van der Waals surface area contributed by atoms with Crippen molar-refractivity contribution in [3.8, 4) is 0 Å². The van der Waals surface area contributed by atoms with E-state index in [0.717, 1.165) is 25.7 Å². The van der Waals surface area contributed by atoms with Gasteiger partial charge in [0.2, 0.25) is 0 Å². The second-order valence-electron chi connectivity index (χ2n) is 8.74. The summed E-state index contributed by atoms with van der Waals surface area (Å²) in [5, 5.41) is 3.79. The highest BCUT2D eigenvalue weighted by atomic mass is 16.5. The molecular formula is C18H36N2O. The van der Waals surface area contributed by atoms with Crippen molar-refractivity contribution in [2.45, 2.75) is 71.4 Å². The van der Waals surface area contributed by atoms with E-state index in [9.17, 15) is 0 Å². The fourth-order valence-electron chi connectivity index (χ4n) is 4.11. The van der Waals surface area contributed by atoms with E-state index in [1.807, 2.05) is 0 Å². The van der Waals surface area contributed by atoms with Crippen molar-refractivity contribution < 1.29 is 4.74 Å². The Morgan fingerprint density at radius 3 is 2.62 bits per heavy atom. The Kier molecular flexibility index (Phi) is 5.72. The van der Waals surface area contributed by atoms with Gasteiger partial charge in [0.25, 0.3) is 0 Å². The number of hydrogen-bond donors (Lipinski definition) is 1. The summed E-state index contributed by atoms with van der Waals surface area (Å²) < 4.78 is 5.58. The summed E-state index contributed by atoms with van der Waals surface area (Å²) in [5.41, 5.74) is 0.658. The quantitative estimate of drug-likeness (QED) is 0.842. The fraction of sp³-hybridized carbons (Fsp3) is 1.00. The van der Waals surface area contributed by atoms with Gasteiger partial charge in [0.05, 0.1) is 6.61 Å². The van der Waals surface area contributed by atoms with Crippen LogP contribution >= 0.6 is 0 Å². The van der Waals surface area contributed by atoms with E-state index in [4.69, 9.17) is 4.74 Å². The monoisotopic (exact) mass is 296 g/mol. The molecule has 2 fully saturated rings. The van der Waals surface area contributed by atoms with Crippen molar-refractivity contribution in [1.82, 2.24) is 10.2 Å². The van der Waals surface area contributed by atoms with Crippen LogP contribution in [0, 0.1) is 11.3 Å². The molecule has 0 aromatic carbocycles. The first kappa shape index (κ1) is 17.2. The van der Waals surface area contributed by atoms with Crippen LogP contribution in [0.4, 0.5) is 0 Å². The molecule has 2 aliphatic rings. The van der Waals surface area contributed by atoms with Crippen LogP contribution in [0.15, 0.2) is 0 Å². The van der Waals surface area contributed by atoms with Crippen molar-refractivity contribution >= 4 is 0 Å². The van der Waals surface area contributed by atoms with E-state index in [2.05, 4.69) is 45.0 Å². The summed E-state index contributed by atoms with van der Waals surface area (Å²) >= 11 is 0. The van der Waals surface area contributed by atoms with E-state index in [0.29, 0.717) is 11.5 Å². The lowest BCUT2D eigenvalue weighted by Crippen LogP contribution is -2.51. The Labute approximate surface area is 131 Å². The van der Waals surface area contributed by atoms with Crippen LogP contribution < -0.4 is 5.32 Å². The average molecular weight is 296 g/mol. The van der Waals surface area contributed by atoms with Crippen LogP contribution in [0.5, 0.6) is 0 Å². The Balaban J connectivity index is 2.00. The highest BCUT2D eigenvalue weighted by Crippen LogP contribution is 2.40. The van der Waals surface area contributed by atoms with Crippen LogP contribution in [-0.2, 0) is 4.74 Å². The molecule has 1 N–H and O–H groups in total. The molecule has 0 aromatic heterocycles. The van der Waals surface area contributed by atoms with Crippen LogP contribution in [-0.4, -0.2) is 49.8 Å². The summed E-state index contributed by atoms with van der Waals surface area (Å²) in [6.07, 6.45) is 6.75. The molecule has 0 bridgehead atoms. The van der Waals surface area contributed by atoms with Crippen LogP contribution in [0.2, 0.25) is 0 Å². The Morgan fingerprint density at radius 1 is 1.29 bits per heavy atom. The maximum absolute atomic E-state index is 5.58. The zero-order valence-corrected chi connectivity index (χ0v) is 14.9. The first-order valence-corrected chi connectivity index (χ1v) is 8.83. The van der Waals surface area contributed by atoms with Gasteiger partial charge in [0, 0.05) is 31.3 Å². The molecule has 3 unspecified atom stereocenters. The molecule has 1 saturated heterocycles. The van der Waals surface area contributed by atoms with Gasteiger partial charge in [-0.1, -0.05) is 19.8 Å². The molecule has 124 valence electrons. The Hall–Kier alpha value is -0.120. The third kappa shape index (κ3) is 5.22. The molecule has 3 nitrogen and oxygen atoms in total. The zero-order valence-electron chi connectivity index (χ0n) is 14.9. The van der Waals surface area contributed by atoms with E-state index < -0.39 is 0 Å². The molecule has 1 aliphatic carbocycles. The first-order chi connectivity index (χ1) is 9.80. The zero-order chi connectivity index (χ0) is 15.5. The van der Waals surface area contributed by atoms with Crippen LogP contribution in [0.25, 0.3) is 0 Å². The lowest BCUT2D eigenvalue weighted by Gasteiger charge is -2.45. The van der Waals surface area contributed by atoms with Crippen molar-refractivity contribution in [2.24, 2.45) is 11.3 Å². The largest absolute Gasteiger partial charge is 0.380 e. The number of nitrogens with one attached hydrogen (secondary N) is 1. The minimum Gasteiger partial charge on any atom is -0.380 e. The molecular weight excluding hydrogens is 260 g/mol. The summed E-state index contributed by atoms with van der Waals surface area (Å²) in [6, 6.07) is 0.633.